The van der Waals surface area contributed by atoms with E-state index in [1.807, 2.05) is 0 Å². The first-order valence-electron chi connectivity index (χ1n) is 21.1. The highest BCUT2D eigenvalue weighted by Gasteiger charge is 2.68. The van der Waals surface area contributed by atoms with Crippen molar-refractivity contribution >= 4 is 23.3 Å². The molecule has 0 aromatic rings. The minimum absolute atomic E-state index is 0.00245. The van der Waals surface area contributed by atoms with Gasteiger partial charge in [0.05, 0.1) is 6.61 Å². The number of unbranched alkanes of at least 4 members (excludes halogenated alkanes) is 20. The van der Waals surface area contributed by atoms with E-state index in [0.29, 0.717) is 38.5 Å². The minimum Gasteiger partial charge on any atom is -0.462 e. The van der Waals surface area contributed by atoms with Crippen LogP contribution in [-0.2, 0) is 23.9 Å². The molecular formula is C42H78O10. The van der Waals surface area contributed by atoms with E-state index in [4.69, 9.17) is 4.74 Å². The molecule has 0 bridgehead atoms. The number of aliphatic hydroxyl groups is 5. The summed E-state index contributed by atoms with van der Waals surface area (Å²) >= 11 is 0. The number of rotatable bonds is 37. The van der Waals surface area contributed by atoms with Crippen molar-refractivity contribution in [2.75, 3.05) is 13.2 Å². The van der Waals surface area contributed by atoms with Gasteiger partial charge in [0.1, 0.15) is 12.7 Å². The lowest BCUT2D eigenvalue weighted by Gasteiger charge is -2.47. The second kappa shape index (κ2) is 29.6. The zero-order chi connectivity index (χ0) is 39.3. The molecule has 306 valence electrons. The Morgan fingerprint density at radius 1 is 0.481 bits per heavy atom. The number of hydrogen-bond acceptors (Lipinski definition) is 10. The third-order valence-corrected chi connectivity index (χ3v) is 10.5. The summed E-state index contributed by atoms with van der Waals surface area (Å²) in [6, 6.07) is 0. The third kappa shape index (κ3) is 17.6. The van der Waals surface area contributed by atoms with Gasteiger partial charge >= 0.3 is 5.97 Å². The Kier molecular flexibility index (Phi) is 28.6. The van der Waals surface area contributed by atoms with E-state index in [1.165, 1.54) is 0 Å². The Bertz CT molecular complexity index is 970. The predicted molar refractivity (Wildman–Crippen MR) is 206 cm³/mol. The van der Waals surface area contributed by atoms with Gasteiger partial charge < -0.3 is 30.3 Å². The molecule has 0 saturated carbocycles. The van der Waals surface area contributed by atoms with Gasteiger partial charge in [0, 0.05) is 25.7 Å². The van der Waals surface area contributed by atoms with Crippen LogP contribution in [0.25, 0.3) is 0 Å². The molecule has 0 aliphatic heterocycles. The predicted octanol–water partition coefficient (Wildman–Crippen LogP) is 7.79. The standard InChI is InChI=1S/C42H78O10/c1-5-9-13-17-21-25-29-35(44)40(49,34-52-38(47)32-28-24-20-16-12-8-4)39(48)42(51,37(46)31-27-23-19-15-11-7-3)41(50,33-43)36(45)30-26-22-18-14-10-6-2/h39,43,48-51H,5-34H2,1-4H3/t39-,40+,41-,42+/m1/s1. The Balaban J connectivity index is 6.49. The van der Waals surface area contributed by atoms with E-state index in [0.717, 1.165) is 109 Å². The van der Waals surface area contributed by atoms with Gasteiger partial charge in [-0.3, -0.25) is 19.2 Å². The summed E-state index contributed by atoms with van der Waals surface area (Å²) in [4.78, 5) is 54.3. The summed E-state index contributed by atoms with van der Waals surface area (Å²) in [6.45, 7) is 5.82. The van der Waals surface area contributed by atoms with Crippen molar-refractivity contribution in [2.45, 2.75) is 230 Å². The van der Waals surface area contributed by atoms with Crippen molar-refractivity contribution in [1.82, 2.24) is 0 Å². The molecule has 0 aliphatic carbocycles. The summed E-state index contributed by atoms with van der Waals surface area (Å²) in [6.07, 6.45) is 16.0. The Hall–Kier alpha value is -1.72. The second-order valence-corrected chi connectivity index (χ2v) is 15.1. The number of ether oxygens (including phenoxy) is 1. The van der Waals surface area contributed by atoms with Crippen molar-refractivity contribution < 1.29 is 49.4 Å². The maximum atomic E-state index is 14.0. The monoisotopic (exact) mass is 743 g/mol. The van der Waals surface area contributed by atoms with Crippen LogP contribution in [-0.4, -0.2) is 85.0 Å². The summed E-state index contributed by atoms with van der Waals surface area (Å²) in [5, 5.41) is 58.5. The normalized spacial score (nSPS) is 15.7. The molecule has 0 spiro atoms. The van der Waals surface area contributed by atoms with Crippen LogP contribution in [0.5, 0.6) is 0 Å². The first-order chi connectivity index (χ1) is 24.9. The molecule has 0 unspecified atom stereocenters. The maximum Gasteiger partial charge on any atom is 0.305 e. The highest BCUT2D eigenvalue weighted by atomic mass is 16.5. The molecule has 0 rings (SSSR count). The smallest absolute Gasteiger partial charge is 0.305 e. The van der Waals surface area contributed by atoms with E-state index < -0.39 is 59.4 Å². The number of aliphatic hydroxyl groups excluding tert-OH is 2. The second-order valence-electron chi connectivity index (χ2n) is 15.1. The van der Waals surface area contributed by atoms with E-state index in [9.17, 15) is 44.7 Å². The SMILES string of the molecule is CCCCCCCCC(=O)OC[C@](O)(C(=O)CCCCCCCC)[C@@H](O)[C@@](O)(C(=O)CCCCCCCC)[C@@](O)(CO)C(=O)CCCCCCCC. The molecule has 0 aliphatic rings. The van der Waals surface area contributed by atoms with Crippen LogP contribution in [0.15, 0.2) is 0 Å². The Morgan fingerprint density at radius 3 is 1.19 bits per heavy atom. The van der Waals surface area contributed by atoms with Gasteiger partial charge in [0.15, 0.2) is 34.2 Å². The van der Waals surface area contributed by atoms with E-state index in [1.54, 1.807) is 0 Å². The Labute approximate surface area is 315 Å². The molecule has 10 heteroatoms. The minimum atomic E-state index is -3.47. The van der Waals surface area contributed by atoms with E-state index in [-0.39, 0.29) is 32.1 Å². The van der Waals surface area contributed by atoms with E-state index >= 15 is 0 Å². The fraction of sp³-hybridized carbons (Fsp3) is 0.905. The van der Waals surface area contributed by atoms with Crippen molar-refractivity contribution in [3.8, 4) is 0 Å². The van der Waals surface area contributed by atoms with Crippen molar-refractivity contribution in [1.29, 1.82) is 0 Å². The van der Waals surface area contributed by atoms with Gasteiger partial charge in [-0.25, -0.2) is 0 Å². The van der Waals surface area contributed by atoms with Crippen LogP contribution in [0, 0.1) is 0 Å². The molecule has 10 nitrogen and oxygen atoms in total. The molecule has 0 fully saturated rings. The lowest BCUT2D eigenvalue weighted by atomic mass is 9.66. The first-order valence-corrected chi connectivity index (χ1v) is 21.1. The fourth-order valence-electron chi connectivity index (χ4n) is 6.81. The van der Waals surface area contributed by atoms with Crippen molar-refractivity contribution in [3.63, 3.8) is 0 Å². The molecule has 5 N–H and O–H groups in total. The lowest BCUT2D eigenvalue weighted by Crippen LogP contribution is -2.76. The fourth-order valence-corrected chi connectivity index (χ4v) is 6.81. The van der Waals surface area contributed by atoms with Crippen LogP contribution < -0.4 is 0 Å². The molecule has 4 atom stereocenters. The summed E-state index contributed by atoms with van der Waals surface area (Å²) in [5.74, 6) is -3.97. The van der Waals surface area contributed by atoms with Gasteiger partial charge in [-0.15, -0.1) is 0 Å². The quantitative estimate of drug-likeness (QED) is 0.0312. The van der Waals surface area contributed by atoms with Crippen LogP contribution in [0.1, 0.15) is 207 Å². The maximum absolute atomic E-state index is 14.0. The molecule has 0 saturated heterocycles. The first kappa shape index (κ1) is 50.3. The van der Waals surface area contributed by atoms with Gasteiger partial charge in [-0.2, -0.15) is 0 Å². The molecule has 52 heavy (non-hydrogen) atoms. The van der Waals surface area contributed by atoms with Crippen LogP contribution in [0.4, 0.5) is 0 Å². The molecule has 0 radical (unpaired) electrons. The summed E-state index contributed by atoms with van der Waals surface area (Å²) in [7, 11) is 0. The molecule has 0 heterocycles. The van der Waals surface area contributed by atoms with Gasteiger partial charge in [-0.1, -0.05) is 156 Å². The van der Waals surface area contributed by atoms with E-state index in [2.05, 4.69) is 27.7 Å². The Morgan fingerprint density at radius 2 is 0.808 bits per heavy atom. The van der Waals surface area contributed by atoms with Crippen molar-refractivity contribution in [2.24, 2.45) is 0 Å². The summed E-state index contributed by atoms with van der Waals surface area (Å²) in [5.41, 5.74) is -9.75. The van der Waals surface area contributed by atoms with Gasteiger partial charge in [0.25, 0.3) is 0 Å². The number of ketones is 3. The largest absolute Gasteiger partial charge is 0.462 e. The number of carbonyl (C=O) groups excluding carboxylic acids is 4. The highest BCUT2D eigenvalue weighted by Crippen LogP contribution is 2.37. The van der Waals surface area contributed by atoms with Crippen LogP contribution in [0.3, 0.4) is 0 Å². The number of Topliss-reactive ketones (excluding diaryl/α,β-unsaturated/α-hetero) is 3. The van der Waals surface area contributed by atoms with Crippen LogP contribution in [0.2, 0.25) is 0 Å². The van der Waals surface area contributed by atoms with Gasteiger partial charge in [-0.05, 0) is 25.7 Å². The number of carbonyl (C=O) groups is 4. The topological polar surface area (TPSA) is 179 Å². The number of hydrogen-bond donors (Lipinski definition) is 5. The zero-order valence-electron chi connectivity index (χ0n) is 33.6. The highest BCUT2D eigenvalue weighted by molar-refractivity contribution is 6.01. The molecule has 0 amide bonds. The lowest BCUT2D eigenvalue weighted by molar-refractivity contribution is -0.244. The van der Waals surface area contributed by atoms with Gasteiger partial charge in [0.2, 0.25) is 0 Å². The summed E-state index contributed by atoms with van der Waals surface area (Å²) < 4.78 is 5.34. The zero-order valence-corrected chi connectivity index (χ0v) is 33.6. The average molecular weight is 743 g/mol. The molecule has 0 aromatic carbocycles. The molecule has 0 aromatic heterocycles. The van der Waals surface area contributed by atoms with Crippen LogP contribution >= 0.6 is 0 Å². The average Bonchev–Trinajstić information content (AvgIpc) is 3.14. The molecular weight excluding hydrogens is 664 g/mol. The third-order valence-electron chi connectivity index (χ3n) is 10.5. The number of esters is 1. The van der Waals surface area contributed by atoms with Crippen molar-refractivity contribution in [3.05, 3.63) is 0 Å².